The van der Waals surface area contributed by atoms with Crippen LogP contribution in [0.4, 0.5) is 10.1 Å². The third-order valence-electron chi connectivity index (χ3n) is 4.45. The van der Waals surface area contributed by atoms with Crippen LogP contribution < -0.4 is 4.90 Å². The van der Waals surface area contributed by atoms with Crippen molar-refractivity contribution in [2.75, 3.05) is 32.1 Å². The summed E-state index contributed by atoms with van der Waals surface area (Å²) in [6.07, 6.45) is 5.15. The van der Waals surface area contributed by atoms with Gasteiger partial charge in [0.05, 0.1) is 6.61 Å². The molecule has 0 unspecified atom stereocenters. The van der Waals surface area contributed by atoms with Crippen LogP contribution in [0.1, 0.15) is 11.1 Å². The molecule has 144 valence electrons. The average Bonchev–Trinajstić information content (AvgIpc) is 2.95. The molecular formula is C22H22FN3O2. The molecule has 1 amide bonds. The number of anilines is 1. The number of likely N-dealkylation sites (N-methyl/N-ethyl adjacent to an activating group) is 2. The molecular weight excluding hydrogens is 357 g/mol. The first-order valence-electron chi connectivity index (χ1n) is 8.92. The number of halogens is 1. The Hall–Kier alpha value is -3.25. The quantitative estimate of drug-likeness (QED) is 0.785. The number of hydrogen-bond acceptors (Lipinski definition) is 4. The van der Waals surface area contributed by atoms with E-state index in [0.29, 0.717) is 23.6 Å². The van der Waals surface area contributed by atoms with Crippen LogP contribution in [-0.4, -0.2) is 49.0 Å². The second kappa shape index (κ2) is 8.63. The Labute approximate surface area is 163 Å². The van der Waals surface area contributed by atoms with E-state index in [1.54, 1.807) is 37.4 Å². The van der Waals surface area contributed by atoms with Gasteiger partial charge in [0, 0.05) is 26.3 Å². The summed E-state index contributed by atoms with van der Waals surface area (Å²) >= 11 is 0. The van der Waals surface area contributed by atoms with Crippen molar-refractivity contribution in [3.8, 4) is 0 Å². The van der Waals surface area contributed by atoms with Crippen LogP contribution >= 0.6 is 0 Å². The van der Waals surface area contributed by atoms with Crippen molar-refractivity contribution >= 4 is 29.6 Å². The first-order valence-corrected chi connectivity index (χ1v) is 8.92. The van der Waals surface area contributed by atoms with Crippen LogP contribution in [0, 0.1) is 5.82 Å². The fourth-order valence-electron chi connectivity index (χ4n) is 2.81. The molecule has 0 bridgehead atoms. The maximum absolute atomic E-state index is 13.3. The highest BCUT2D eigenvalue weighted by atomic mass is 19.1. The number of rotatable bonds is 6. The zero-order valence-corrected chi connectivity index (χ0v) is 15.8. The number of aliphatic hydroxyl groups is 1. The molecule has 6 heteroatoms. The molecule has 0 saturated heterocycles. The van der Waals surface area contributed by atoms with Gasteiger partial charge in [-0.25, -0.2) is 9.38 Å². The lowest BCUT2D eigenvalue weighted by atomic mass is 10.1. The summed E-state index contributed by atoms with van der Waals surface area (Å²) in [4.78, 5) is 20.3. The number of amides is 1. The second-order valence-corrected chi connectivity index (χ2v) is 6.49. The van der Waals surface area contributed by atoms with Gasteiger partial charge in [0.15, 0.2) is 0 Å². The smallest absolute Gasteiger partial charge is 0.277 e. The molecule has 1 aliphatic rings. The lowest BCUT2D eigenvalue weighted by Crippen LogP contribution is -2.26. The molecule has 0 radical (unpaired) electrons. The summed E-state index contributed by atoms with van der Waals surface area (Å²) in [6.45, 7) is 0.638. The third kappa shape index (κ3) is 4.53. The van der Waals surface area contributed by atoms with E-state index in [4.69, 9.17) is 5.11 Å². The molecule has 1 N–H and O–H groups in total. The van der Waals surface area contributed by atoms with E-state index >= 15 is 0 Å². The van der Waals surface area contributed by atoms with Crippen molar-refractivity contribution in [1.29, 1.82) is 0 Å². The van der Waals surface area contributed by atoms with Gasteiger partial charge in [0.2, 0.25) is 0 Å². The van der Waals surface area contributed by atoms with Gasteiger partial charge in [-0.2, -0.15) is 0 Å². The van der Waals surface area contributed by atoms with Crippen LogP contribution in [-0.2, 0) is 4.79 Å². The number of carbonyl (C=O) groups excluding carboxylic acids is 1. The minimum absolute atomic E-state index is 0.0871. The zero-order chi connectivity index (χ0) is 20.1. The minimum atomic E-state index is -0.311. The van der Waals surface area contributed by atoms with Crippen molar-refractivity contribution in [2.45, 2.75) is 0 Å². The second-order valence-electron chi connectivity index (χ2n) is 6.49. The Kier molecular flexibility index (Phi) is 6.01. The molecule has 0 aromatic heterocycles. The first kappa shape index (κ1) is 19.5. The summed E-state index contributed by atoms with van der Waals surface area (Å²) in [5.74, 6) is -0.00575. The van der Waals surface area contributed by atoms with Crippen molar-refractivity contribution in [1.82, 2.24) is 4.90 Å². The molecule has 2 aromatic rings. The van der Waals surface area contributed by atoms with Crippen LogP contribution in [0.15, 0.2) is 65.3 Å². The van der Waals surface area contributed by atoms with Crippen molar-refractivity contribution in [3.05, 3.63) is 77.2 Å². The van der Waals surface area contributed by atoms with Gasteiger partial charge in [0.1, 0.15) is 17.3 Å². The Morgan fingerprint density at radius 3 is 2.57 bits per heavy atom. The van der Waals surface area contributed by atoms with Crippen LogP contribution in [0.25, 0.3) is 12.2 Å². The number of benzene rings is 2. The highest BCUT2D eigenvalue weighted by Crippen LogP contribution is 2.20. The fraction of sp³-hybridized carbons (Fsp3) is 0.182. The molecule has 0 aliphatic carbocycles. The largest absolute Gasteiger partial charge is 0.395 e. The summed E-state index contributed by atoms with van der Waals surface area (Å²) in [5, 5.41) is 9.02. The zero-order valence-electron chi connectivity index (χ0n) is 15.8. The van der Waals surface area contributed by atoms with Gasteiger partial charge in [-0.15, -0.1) is 0 Å². The number of carbonyl (C=O) groups is 1. The number of aliphatic imine (C=N–C) groups is 1. The van der Waals surface area contributed by atoms with Crippen molar-refractivity contribution < 1.29 is 14.3 Å². The maximum atomic E-state index is 13.3. The van der Waals surface area contributed by atoms with Gasteiger partial charge < -0.3 is 10.0 Å². The van der Waals surface area contributed by atoms with E-state index in [0.717, 1.165) is 11.3 Å². The molecule has 28 heavy (non-hydrogen) atoms. The van der Waals surface area contributed by atoms with Gasteiger partial charge in [-0.05, 0) is 47.5 Å². The predicted octanol–water partition coefficient (Wildman–Crippen LogP) is 3.18. The molecule has 0 spiro atoms. The predicted molar refractivity (Wildman–Crippen MR) is 110 cm³/mol. The van der Waals surface area contributed by atoms with Gasteiger partial charge >= 0.3 is 0 Å². The molecule has 1 heterocycles. The van der Waals surface area contributed by atoms with Crippen molar-refractivity contribution in [3.63, 3.8) is 0 Å². The van der Waals surface area contributed by atoms with E-state index in [1.165, 1.54) is 17.0 Å². The number of amidine groups is 1. The molecule has 0 fully saturated rings. The topological polar surface area (TPSA) is 56.1 Å². The van der Waals surface area contributed by atoms with Gasteiger partial charge in [-0.1, -0.05) is 30.3 Å². The maximum Gasteiger partial charge on any atom is 0.277 e. The molecule has 2 aromatic carbocycles. The highest BCUT2D eigenvalue weighted by Gasteiger charge is 2.25. The lowest BCUT2D eigenvalue weighted by Gasteiger charge is -2.17. The monoisotopic (exact) mass is 379 g/mol. The first-order chi connectivity index (χ1) is 13.5. The summed E-state index contributed by atoms with van der Waals surface area (Å²) < 4.78 is 13.3. The normalized spacial score (nSPS) is 15.6. The fourth-order valence-corrected chi connectivity index (χ4v) is 2.81. The standard InChI is InChI=1S/C22H22FN3O2/c1-25(12-13-27)19-9-6-17(7-10-19)15-20-22(28)26(2)21(24-20)11-8-16-4-3-5-18(23)14-16/h3-11,14-15,27H,12-13H2,1-2H3/b11-8+,20-15-. The molecule has 0 saturated carbocycles. The van der Waals surface area contributed by atoms with Gasteiger partial charge in [-0.3, -0.25) is 9.69 Å². The molecule has 5 nitrogen and oxygen atoms in total. The van der Waals surface area contributed by atoms with Crippen LogP contribution in [0.2, 0.25) is 0 Å². The van der Waals surface area contributed by atoms with Crippen molar-refractivity contribution in [2.24, 2.45) is 4.99 Å². The molecule has 3 rings (SSSR count). The Morgan fingerprint density at radius 2 is 1.89 bits per heavy atom. The van der Waals surface area contributed by atoms with E-state index in [-0.39, 0.29) is 18.3 Å². The highest BCUT2D eigenvalue weighted by molar-refractivity contribution is 6.18. The van der Waals surface area contributed by atoms with E-state index in [2.05, 4.69) is 4.99 Å². The number of hydrogen-bond donors (Lipinski definition) is 1. The Morgan fingerprint density at radius 1 is 1.14 bits per heavy atom. The summed E-state index contributed by atoms with van der Waals surface area (Å²) in [6, 6.07) is 13.9. The number of aliphatic hydroxyl groups excluding tert-OH is 1. The Balaban J connectivity index is 1.79. The lowest BCUT2D eigenvalue weighted by molar-refractivity contribution is -0.121. The van der Waals surface area contributed by atoms with Crippen LogP contribution in [0.3, 0.4) is 0 Å². The minimum Gasteiger partial charge on any atom is -0.395 e. The SMILES string of the molecule is CN1C(=O)/C(=C/c2ccc(N(C)CCO)cc2)N=C1/C=C/c1cccc(F)c1. The molecule has 1 aliphatic heterocycles. The van der Waals surface area contributed by atoms with Gasteiger partial charge in [0.25, 0.3) is 5.91 Å². The summed E-state index contributed by atoms with van der Waals surface area (Å²) in [7, 11) is 3.56. The average molecular weight is 379 g/mol. The molecule has 0 atom stereocenters. The van der Waals surface area contributed by atoms with E-state index in [9.17, 15) is 9.18 Å². The van der Waals surface area contributed by atoms with E-state index in [1.807, 2.05) is 36.2 Å². The summed E-state index contributed by atoms with van der Waals surface area (Å²) in [5.41, 5.74) is 2.88. The number of nitrogens with zero attached hydrogens (tertiary/aromatic N) is 3. The van der Waals surface area contributed by atoms with Crippen LogP contribution in [0.5, 0.6) is 0 Å². The Bertz CT molecular complexity index is 949. The third-order valence-corrected chi connectivity index (χ3v) is 4.45. The van der Waals surface area contributed by atoms with E-state index < -0.39 is 0 Å².